The normalized spacial score (nSPS) is 48.3. The van der Waals surface area contributed by atoms with Crippen LogP contribution in [-0.2, 0) is 0 Å². The van der Waals surface area contributed by atoms with E-state index in [2.05, 4.69) is 54.5 Å². The van der Waals surface area contributed by atoms with E-state index < -0.39 is 0 Å². The molecule has 4 saturated carbocycles. The van der Waals surface area contributed by atoms with E-state index >= 15 is 0 Å². The molecule has 0 spiro atoms. The Morgan fingerprint density at radius 2 is 1.60 bits per heavy atom. The van der Waals surface area contributed by atoms with Gasteiger partial charge in [0, 0.05) is 0 Å². The molecule has 172 valence electrons. The third-order valence-electron chi connectivity index (χ3n) is 11.3. The molecule has 8 atom stereocenters. The minimum atomic E-state index is -0.381. The van der Waals surface area contributed by atoms with E-state index in [0.717, 1.165) is 36.5 Å². The van der Waals surface area contributed by atoms with Crippen molar-refractivity contribution >= 4 is 0 Å². The molecule has 0 aromatic rings. The summed E-state index contributed by atoms with van der Waals surface area (Å²) >= 11 is 0. The Bertz CT molecular complexity index is 672. The quantitative estimate of drug-likeness (QED) is 0.460. The maximum Gasteiger partial charge on any atom is 0.0684 e. The lowest BCUT2D eigenvalue weighted by atomic mass is 9.38. The molecule has 0 bridgehead atoms. The topological polar surface area (TPSA) is 20.2 Å². The van der Waals surface area contributed by atoms with Crippen LogP contribution in [0.1, 0.15) is 119 Å². The van der Waals surface area contributed by atoms with Crippen molar-refractivity contribution in [3.8, 4) is 0 Å². The van der Waals surface area contributed by atoms with Gasteiger partial charge in [-0.1, -0.05) is 52.7 Å². The van der Waals surface area contributed by atoms with Crippen LogP contribution in [0.25, 0.3) is 0 Å². The van der Waals surface area contributed by atoms with Crippen molar-refractivity contribution in [2.75, 3.05) is 0 Å². The van der Waals surface area contributed by atoms with Gasteiger partial charge in [-0.25, -0.2) is 0 Å². The molecule has 0 amide bonds. The van der Waals surface area contributed by atoms with E-state index in [1.54, 1.807) is 0 Å². The minimum absolute atomic E-state index is 0.347. The Morgan fingerprint density at radius 3 is 2.30 bits per heavy atom. The van der Waals surface area contributed by atoms with Crippen LogP contribution in [0, 0.1) is 45.8 Å². The van der Waals surface area contributed by atoms with Gasteiger partial charge in [0.25, 0.3) is 0 Å². The van der Waals surface area contributed by atoms with Crippen molar-refractivity contribution < 1.29 is 5.11 Å². The lowest BCUT2D eigenvalue weighted by molar-refractivity contribution is -0.205. The molecule has 4 aliphatic carbocycles. The van der Waals surface area contributed by atoms with Gasteiger partial charge in [-0.05, 0) is 124 Å². The minimum Gasteiger partial charge on any atom is -0.390 e. The number of rotatable bonds is 4. The van der Waals surface area contributed by atoms with Crippen molar-refractivity contribution in [1.82, 2.24) is 0 Å². The zero-order valence-electron chi connectivity index (χ0n) is 21.2. The van der Waals surface area contributed by atoms with Crippen molar-refractivity contribution in [2.24, 2.45) is 45.8 Å². The maximum absolute atomic E-state index is 11.9. The summed E-state index contributed by atoms with van der Waals surface area (Å²) < 4.78 is 0. The molecule has 0 saturated heterocycles. The molecule has 4 rings (SSSR count). The monoisotopic (exact) mass is 414 g/mol. The van der Waals surface area contributed by atoms with Crippen molar-refractivity contribution in [3.63, 3.8) is 0 Å². The molecule has 1 heteroatoms. The number of fused-ring (bicyclic) bond motifs is 5. The summed E-state index contributed by atoms with van der Waals surface area (Å²) in [4.78, 5) is 0. The number of allylic oxidation sites excluding steroid dienone is 2. The highest BCUT2D eigenvalue weighted by molar-refractivity contribution is 5.16. The summed E-state index contributed by atoms with van der Waals surface area (Å²) in [7, 11) is 0. The molecule has 0 aromatic carbocycles. The standard InChI is InChI=1S/C29H50O/c1-20(2)10-8-11-21(3)22-18-25-28(7)16-12-23-26(4,5)14-9-15-27(23,6)24(28)13-17-29(25,30)19-22/h10,21-25,30H,8-9,11-19H2,1-7H3. The van der Waals surface area contributed by atoms with Gasteiger partial charge in [0.15, 0.2) is 0 Å². The zero-order valence-corrected chi connectivity index (χ0v) is 21.2. The average molecular weight is 415 g/mol. The Morgan fingerprint density at radius 1 is 0.933 bits per heavy atom. The lowest BCUT2D eigenvalue weighted by Crippen LogP contribution is -2.61. The van der Waals surface area contributed by atoms with E-state index in [-0.39, 0.29) is 5.60 Å². The highest BCUT2D eigenvalue weighted by Gasteiger charge is 2.66. The SMILES string of the molecule is CC(C)=CCCC(C)C1CC2C(O)(CCC3C4(C)CCCC(C)(C)C4CCC23C)C1. The molecule has 1 N–H and O–H groups in total. The first kappa shape index (κ1) is 22.9. The van der Waals surface area contributed by atoms with Crippen LogP contribution in [0.3, 0.4) is 0 Å². The maximum atomic E-state index is 11.9. The van der Waals surface area contributed by atoms with Gasteiger partial charge in [-0.15, -0.1) is 0 Å². The van der Waals surface area contributed by atoms with Crippen LogP contribution in [0.5, 0.6) is 0 Å². The van der Waals surface area contributed by atoms with Gasteiger partial charge in [-0.2, -0.15) is 0 Å². The Hall–Kier alpha value is -0.300. The summed E-state index contributed by atoms with van der Waals surface area (Å²) in [6.45, 7) is 17.3. The van der Waals surface area contributed by atoms with Crippen LogP contribution < -0.4 is 0 Å². The molecule has 1 nitrogen and oxygen atoms in total. The van der Waals surface area contributed by atoms with Gasteiger partial charge in [0.2, 0.25) is 0 Å². The second kappa shape index (κ2) is 7.64. The van der Waals surface area contributed by atoms with Crippen LogP contribution in [0.15, 0.2) is 11.6 Å². The predicted molar refractivity (Wildman–Crippen MR) is 128 cm³/mol. The number of hydrogen-bond acceptors (Lipinski definition) is 1. The van der Waals surface area contributed by atoms with Crippen LogP contribution in [0.2, 0.25) is 0 Å². The van der Waals surface area contributed by atoms with E-state index in [4.69, 9.17) is 0 Å². The Labute approximate surface area is 187 Å². The molecule has 0 aliphatic heterocycles. The molecule has 4 fully saturated rings. The second-order valence-corrected chi connectivity index (χ2v) is 13.7. The highest BCUT2D eigenvalue weighted by atomic mass is 16.3. The van der Waals surface area contributed by atoms with Crippen molar-refractivity contribution in [3.05, 3.63) is 11.6 Å². The van der Waals surface area contributed by atoms with Crippen molar-refractivity contribution in [1.29, 1.82) is 0 Å². The van der Waals surface area contributed by atoms with E-state index in [1.165, 1.54) is 63.4 Å². The molecule has 0 radical (unpaired) electrons. The molecule has 30 heavy (non-hydrogen) atoms. The summed E-state index contributed by atoms with van der Waals surface area (Å²) in [5, 5.41) is 11.9. The zero-order chi connectivity index (χ0) is 21.9. The fraction of sp³-hybridized carbons (Fsp3) is 0.931. The van der Waals surface area contributed by atoms with Gasteiger partial charge < -0.3 is 5.11 Å². The first-order valence-corrected chi connectivity index (χ1v) is 13.3. The smallest absolute Gasteiger partial charge is 0.0684 e. The molecular weight excluding hydrogens is 364 g/mol. The van der Waals surface area contributed by atoms with Gasteiger partial charge in [0.05, 0.1) is 5.60 Å². The molecular formula is C29H50O. The third-order valence-corrected chi connectivity index (χ3v) is 11.3. The Kier molecular flexibility index (Phi) is 5.82. The summed E-state index contributed by atoms with van der Waals surface area (Å²) in [5.74, 6) is 3.67. The fourth-order valence-electron chi connectivity index (χ4n) is 9.82. The summed E-state index contributed by atoms with van der Waals surface area (Å²) in [6.07, 6.45) is 16.6. The fourth-order valence-corrected chi connectivity index (χ4v) is 9.82. The average Bonchev–Trinajstić information content (AvgIpc) is 2.99. The highest BCUT2D eigenvalue weighted by Crippen LogP contribution is 2.72. The van der Waals surface area contributed by atoms with Gasteiger partial charge in [0.1, 0.15) is 0 Å². The largest absolute Gasteiger partial charge is 0.390 e. The predicted octanol–water partition coefficient (Wildman–Crippen LogP) is 8.17. The lowest BCUT2D eigenvalue weighted by Gasteiger charge is -2.67. The van der Waals surface area contributed by atoms with Gasteiger partial charge >= 0.3 is 0 Å². The molecule has 8 unspecified atom stereocenters. The first-order chi connectivity index (χ1) is 13.9. The third kappa shape index (κ3) is 3.54. The molecule has 0 aromatic heterocycles. The Balaban J connectivity index is 1.55. The summed E-state index contributed by atoms with van der Waals surface area (Å²) in [6, 6.07) is 0. The van der Waals surface area contributed by atoms with Crippen LogP contribution >= 0.6 is 0 Å². The second-order valence-electron chi connectivity index (χ2n) is 13.7. The molecule has 4 aliphatic rings. The van der Waals surface area contributed by atoms with Crippen LogP contribution in [0.4, 0.5) is 0 Å². The van der Waals surface area contributed by atoms with Crippen LogP contribution in [-0.4, -0.2) is 10.7 Å². The van der Waals surface area contributed by atoms with E-state index in [1.807, 2.05) is 0 Å². The molecule has 0 heterocycles. The van der Waals surface area contributed by atoms with Crippen molar-refractivity contribution in [2.45, 2.75) is 125 Å². The number of hydrogen-bond donors (Lipinski definition) is 1. The van der Waals surface area contributed by atoms with E-state index in [9.17, 15) is 5.11 Å². The first-order valence-electron chi connectivity index (χ1n) is 13.3. The summed E-state index contributed by atoms with van der Waals surface area (Å²) in [5.41, 5.74) is 2.40. The van der Waals surface area contributed by atoms with E-state index in [0.29, 0.717) is 22.2 Å². The van der Waals surface area contributed by atoms with Gasteiger partial charge in [-0.3, -0.25) is 0 Å². The number of aliphatic hydroxyl groups is 1.